The number of hydrogen-bond acceptors (Lipinski definition) is 13. The molecule has 5 saturated carbocycles. The normalized spacial score (nSPS) is 58.0. The van der Waals surface area contributed by atoms with E-state index < -0.39 is 141 Å². The van der Waals surface area contributed by atoms with Gasteiger partial charge in [-0.1, -0.05) is 27.7 Å². The molecule has 2 saturated heterocycles. The number of hydrogen-bond donors (Lipinski definition) is 3. The molecule has 7 rings (SSSR count). The number of carbonyl (C=O) groups is 5. The minimum absolute atomic E-state index is 0.0913. The zero-order valence-corrected chi connectivity index (χ0v) is 29.9. The van der Waals surface area contributed by atoms with Crippen LogP contribution in [0.15, 0.2) is 0 Å². The van der Waals surface area contributed by atoms with Crippen molar-refractivity contribution in [2.24, 2.45) is 63.6 Å². The molecule has 13 nitrogen and oxygen atoms in total. The quantitative estimate of drug-likeness (QED) is 0.165. The molecule has 272 valence electrons. The van der Waals surface area contributed by atoms with E-state index >= 15 is 0 Å². The summed E-state index contributed by atoms with van der Waals surface area (Å²) in [6.07, 6.45) is -6.79. The summed E-state index contributed by atoms with van der Waals surface area (Å²) in [4.78, 5) is 66.5. The molecule has 0 amide bonds. The van der Waals surface area contributed by atoms with Crippen LogP contribution in [0.2, 0.25) is 0 Å². The van der Waals surface area contributed by atoms with Crippen molar-refractivity contribution in [3.8, 4) is 0 Å². The van der Waals surface area contributed by atoms with Gasteiger partial charge in [0.05, 0.1) is 16.9 Å². The molecular weight excluding hydrogens is 664 g/mol. The highest BCUT2D eigenvalue weighted by Gasteiger charge is 2.93. The third-order valence-corrected chi connectivity index (χ3v) is 15.3. The Hall–Kier alpha value is -2.32. The Bertz CT molecular complexity index is 1530. The van der Waals surface area contributed by atoms with E-state index in [4.69, 9.17) is 35.3 Å². The molecule has 20 atom stereocenters. The first kappa shape index (κ1) is 35.1. The topological polar surface area (TPSA) is 195 Å². The van der Waals surface area contributed by atoms with Gasteiger partial charge in [-0.25, -0.2) is 4.79 Å². The molecule has 14 heteroatoms. The number of rotatable bonds is 3. The van der Waals surface area contributed by atoms with Gasteiger partial charge in [-0.2, -0.15) is 0 Å². The van der Waals surface area contributed by atoms with Crippen LogP contribution in [0.1, 0.15) is 68.7 Å². The molecule has 7 fully saturated rings. The first-order valence-corrected chi connectivity index (χ1v) is 17.7. The molecule has 7 aliphatic rings. The second-order valence-corrected chi connectivity index (χ2v) is 17.3. The predicted molar refractivity (Wildman–Crippen MR) is 166 cm³/mol. The van der Waals surface area contributed by atoms with Gasteiger partial charge in [-0.05, 0) is 43.9 Å². The van der Waals surface area contributed by atoms with Gasteiger partial charge in [0.2, 0.25) is 5.79 Å². The fourth-order valence-corrected chi connectivity index (χ4v) is 13.6. The Labute approximate surface area is 289 Å². The van der Waals surface area contributed by atoms with E-state index in [9.17, 15) is 39.3 Å². The number of epoxide rings is 1. The van der Waals surface area contributed by atoms with Crippen molar-refractivity contribution in [2.75, 3.05) is 0 Å². The van der Waals surface area contributed by atoms with Crippen LogP contribution in [0.25, 0.3) is 0 Å². The third kappa shape index (κ3) is 3.89. The maximum atomic E-state index is 14.5. The summed E-state index contributed by atoms with van der Waals surface area (Å²) in [6, 6.07) is 0. The van der Waals surface area contributed by atoms with Crippen molar-refractivity contribution in [1.82, 2.24) is 0 Å². The van der Waals surface area contributed by atoms with Gasteiger partial charge in [0.25, 0.3) is 0 Å². The number of ketones is 1. The molecule has 5 aliphatic carbocycles. The Morgan fingerprint density at radius 3 is 1.96 bits per heavy atom. The second-order valence-electron chi connectivity index (χ2n) is 16.8. The van der Waals surface area contributed by atoms with E-state index in [2.05, 4.69) is 0 Å². The first-order chi connectivity index (χ1) is 22.6. The van der Waals surface area contributed by atoms with Crippen molar-refractivity contribution in [3.05, 3.63) is 0 Å². The molecule has 0 aromatic rings. The predicted octanol–water partition coefficient (Wildman–Crippen LogP) is 1.53. The van der Waals surface area contributed by atoms with E-state index in [-0.39, 0.29) is 12.3 Å². The standard InChI is InChI=1S/C35H47ClO13/c1-11-19-18(25(42)24(41)16-10-17(40)23(36)29(31(16,19)6)47-15(5)39)21-26(45-13(3)37)22-20(32(21,7)27(11)46-14(4)38)12(2)28-35(48-28)33(22,8)34(9,44)30(43)49-35/h11-12,16-23,25-29,40,42,44H,10H2,1-9H3/t11-,12-,16+,17-,18+,19-,20-,21+,22-,23+,25+,26+,27-,28+,29-,31-,32+,33-,34+,35-/m0/s1. The molecule has 0 bridgehead atoms. The summed E-state index contributed by atoms with van der Waals surface area (Å²) < 4.78 is 30.5. The molecule has 2 heterocycles. The van der Waals surface area contributed by atoms with Crippen molar-refractivity contribution < 1.29 is 63.0 Å². The number of halogens is 1. The van der Waals surface area contributed by atoms with Gasteiger partial charge >= 0.3 is 23.9 Å². The summed E-state index contributed by atoms with van der Waals surface area (Å²) in [5.74, 6) is -10.8. The van der Waals surface area contributed by atoms with Gasteiger partial charge in [-0.15, -0.1) is 11.6 Å². The molecule has 1 spiro atoms. The number of Topliss-reactive ketones (excluding diaryl/α,β-unsaturated/α-hetero) is 1. The maximum absolute atomic E-state index is 14.5. The molecular formula is C35H47ClO13. The van der Waals surface area contributed by atoms with Crippen LogP contribution < -0.4 is 0 Å². The van der Waals surface area contributed by atoms with Crippen molar-refractivity contribution in [2.45, 2.75) is 122 Å². The van der Waals surface area contributed by atoms with E-state index in [1.807, 2.05) is 20.8 Å². The first-order valence-electron chi connectivity index (χ1n) is 17.3. The zero-order chi connectivity index (χ0) is 36.3. The highest BCUT2D eigenvalue weighted by atomic mass is 35.5. The second kappa shape index (κ2) is 10.4. The van der Waals surface area contributed by atoms with Crippen LogP contribution in [0.5, 0.6) is 0 Å². The smallest absolute Gasteiger partial charge is 0.341 e. The van der Waals surface area contributed by atoms with Crippen LogP contribution in [0, 0.1) is 63.6 Å². The lowest BCUT2D eigenvalue weighted by atomic mass is 9.39. The number of esters is 4. The molecule has 0 aromatic heterocycles. The lowest BCUT2D eigenvalue weighted by molar-refractivity contribution is -0.259. The van der Waals surface area contributed by atoms with Gasteiger partial charge < -0.3 is 39.0 Å². The van der Waals surface area contributed by atoms with Gasteiger partial charge in [-0.3, -0.25) is 19.2 Å². The zero-order valence-electron chi connectivity index (χ0n) is 29.2. The van der Waals surface area contributed by atoms with Crippen LogP contribution >= 0.6 is 11.6 Å². The van der Waals surface area contributed by atoms with Crippen molar-refractivity contribution in [1.29, 1.82) is 0 Å². The van der Waals surface area contributed by atoms with E-state index in [0.29, 0.717) is 0 Å². The number of carbonyl (C=O) groups excluding carboxylic acids is 5. The SMILES string of the molecule is CC(=O)O[C@@H]1[C@H]2[C@H]3[C@H]([C@H](C)[C@H](OC(C)=O)[C@]2(C)[C@H]2[C@H](C)[C@H]4O[C@]45OC(=O)[C@@](C)(O)[C@]5(C)[C@H]12)[C@]1(C)[C@H](C[C@H](O)[C@@H](Cl)[C@@H]1OC(C)=O)C(=O)[C@@H]3O. The summed E-state index contributed by atoms with van der Waals surface area (Å²) in [5.41, 5.74) is -5.98. The molecule has 49 heavy (non-hydrogen) atoms. The maximum Gasteiger partial charge on any atom is 0.341 e. The monoisotopic (exact) mass is 710 g/mol. The Morgan fingerprint density at radius 2 is 1.39 bits per heavy atom. The largest absolute Gasteiger partial charge is 0.462 e. The number of aliphatic hydroxyl groups excluding tert-OH is 2. The number of alkyl halides is 1. The molecule has 2 aliphatic heterocycles. The fraction of sp³-hybridized carbons (Fsp3) is 0.857. The fourth-order valence-electron chi connectivity index (χ4n) is 13.2. The summed E-state index contributed by atoms with van der Waals surface area (Å²) in [6.45, 7) is 14.3. The summed E-state index contributed by atoms with van der Waals surface area (Å²) in [5, 5.41) is 34.1. The van der Waals surface area contributed by atoms with E-state index in [1.54, 1.807) is 13.8 Å². The molecule has 0 aromatic carbocycles. The minimum atomic E-state index is -2.10. The van der Waals surface area contributed by atoms with Crippen LogP contribution in [0.3, 0.4) is 0 Å². The van der Waals surface area contributed by atoms with Crippen molar-refractivity contribution in [3.63, 3.8) is 0 Å². The Balaban J connectivity index is 1.51. The number of aliphatic hydroxyl groups is 3. The highest BCUT2D eigenvalue weighted by Crippen LogP contribution is 2.81. The Kier molecular flexibility index (Phi) is 7.44. The average Bonchev–Trinajstić information content (AvgIpc) is 3.64. The summed E-state index contributed by atoms with van der Waals surface area (Å²) >= 11 is 6.83. The molecule has 0 radical (unpaired) electrons. The van der Waals surface area contributed by atoms with Gasteiger partial charge in [0.1, 0.15) is 30.5 Å². The minimum Gasteiger partial charge on any atom is -0.462 e. The van der Waals surface area contributed by atoms with Gasteiger partial charge in [0.15, 0.2) is 11.4 Å². The van der Waals surface area contributed by atoms with Gasteiger partial charge in [0, 0.05) is 55.3 Å². The molecule has 0 unspecified atom stereocenters. The summed E-state index contributed by atoms with van der Waals surface area (Å²) in [7, 11) is 0. The third-order valence-electron chi connectivity index (χ3n) is 14.8. The highest BCUT2D eigenvalue weighted by molar-refractivity contribution is 6.21. The van der Waals surface area contributed by atoms with E-state index in [0.717, 1.165) is 0 Å². The lowest BCUT2D eigenvalue weighted by Gasteiger charge is -2.66. The van der Waals surface area contributed by atoms with E-state index in [1.165, 1.54) is 27.7 Å². The number of ether oxygens (including phenoxy) is 5. The Morgan fingerprint density at radius 1 is 0.816 bits per heavy atom. The van der Waals surface area contributed by atoms with Crippen LogP contribution in [-0.4, -0.2) is 98.4 Å². The van der Waals surface area contributed by atoms with Crippen LogP contribution in [-0.2, 0) is 47.7 Å². The number of fused-ring (bicyclic) bond motifs is 8. The lowest BCUT2D eigenvalue weighted by Crippen LogP contribution is -2.73. The van der Waals surface area contributed by atoms with Crippen LogP contribution in [0.4, 0.5) is 0 Å². The van der Waals surface area contributed by atoms with Crippen molar-refractivity contribution >= 4 is 41.3 Å². The molecule has 3 N–H and O–H groups in total. The average molecular weight is 711 g/mol.